The quantitative estimate of drug-likeness (QED) is 0.686. The third-order valence-electron chi connectivity index (χ3n) is 2.35. The number of carbonyl (C=O) groups is 2. The van der Waals surface area contributed by atoms with Crippen LogP contribution in [0.3, 0.4) is 0 Å². The van der Waals surface area contributed by atoms with Crippen LogP contribution in [-0.2, 0) is 9.59 Å². The molecule has 1 amide bonds. The minimum atomic E-state index is -4.86. The minimum Gasteiger partial charge on any atom is -0.480 e. The van der Waals surface area contributed by atoms with E-state index in [0.717, 1.165) is 0 Å². The number of carboxylic acid groups (broad SMARTS) is 1. The van der Waals surface area contributed by atoms with E-state index in [9.17, 15) is 27.2 Å². The van der Waals surface area contributed by atoms with Crippen molar-refractivity contribution in [2.24, 2.45) is 0 Å². The van der Waals surface area contributed by atoms with Gasteiger partial charge in [0.25, 0.3) is 5.91 Å². The molecule has 5 nitrogen and oxygen atoms in total. The van der Waals surface area contributed by atoms with Crippen LogP contribution in [0.4, 0.5) is 17.6 Å². The van der Waals surface area contributed by atoms with Gasteiger partial charge in [-0.05, 0) is 0 Å². The smallest absolute Gasteiger partial charge is 0.383 e. The monoisotopic (exact) mass is 258 g/mol. The summed E-state index contributed by atoms with van der Waals surface area (Å²) < 4.78 is 49.6. The second-order valence-corrected chi connectivity index (χ2v) is 3.48. The van der Waals surface area contributed by atoms with Gasteiger partial charge in [-0.3, -0.25) is 4.79 Å². The molecule has 9 heteroatoms. The van der Waals surface area contributed by atoms with E-state index < -0.39 is 30.3 Å². The van der Waals surface area contributed by atoms with Gasteiger partial charge in [0.1, 0.15) is 6.04 Å². The zero-order chi connectivity index (χ0) is 13.2. The van der Waals surface area contributed by atoms with E-state index in [1.165, 1.54) is 0 Å². The number of aliphatic carboxylic acids is 1. The van der Waals surface area contributed by atoms with Gasteiger partial charge in [-0.15, -0.1) is 0 Å². The Morgan fingerprint density at radius 1 is 1.41 bits per heavy atom. The number of rotatable bonds is 3. The van der Waals surface area contributed by atoms with E-state index in [2.05, 4.69) is 5.32 Å². The lowest BCUT2D eigenvalue weighted by Gasteiger charge is -2.35. The average molecular weight is 258 g/mol. The van der Waals surface area contributed by atoms with Gasteiger partial charge in [-0.1, -0.05) is 0 Å². The molecule has 0 radical (unpaired) electrons. The highest BCUT2D eigenvalue weighted by atomic mass is 19.3. The Balaban J connectivity index is 2.89. The maximum Gasteiger partial charge on any atom is 0.383 e. The van der Waals surface area contributed by atoms with Crippen molar-refractivity contribution in [2.75, 3.05) is 19.6 Å². The molecule has 1 aliphatic heterocycles. The summed E-state index contributed by atoms with van der Waals surface area (Å²) in [5.41, 5.74) is 0. The van der Waals surface area contributed by atoms with Gasteiger partial charge in [-0.2, -0.15) is 8.78 Å². The molecule has 1 rings (SSSR count). The zero-order valence-electron chi connectivity index (χ0n) is 8.50. The van der Waals surface area contributed by atoms with Crippen LogP contribution in [0.25, 0.3) is 0 Å². The van der Waals surface area contributed by atoms with Gasteiger partial charge in [0.2, 0.25) is 0 Å². The summed E-state index contributed by atoms with van der Waals surface area (Å²) in [5, 5.41) is 11.3. The number of nitrogens with zero attached hydrogens (tertiary/aromatic N) is 1. The number of piperazine rings is 1. The molecule has 0 aromatic heterocycles. The molecule has 1 saturated heterocycles. The van der Waals surface area contributed by atoms with Gasteiger partial charge in [-0.25, -0.2) is 13.6 Å². The number of nitrogens with one attached hydrogen (secondary N) is 1. The fourth-order valence-electron chi connectivity index (χ4n) is 1.45. The molecule has 0 aliphatic carbocycles. The van der Waals surface area contributed by atoms with Gasteiger partial charge >= 0.3 is 18.3 Å². The maximum atomic E-state index is 12.8. The third kappa shape index (κ3) is 2.65. The number of halogens is 4. The van der Waals surface area contributed by atoms with Crippen molar-refractivity contribution in [1.82, 2.24) is 10.2 Å². The van der Waals surface area contributed by atoms with Crippen LogP contribution in [-0.4, -0.2) is 59.9 Å². The van der Waals surface area contributed by atoms with Crippen LogP contribution in [0.2, 0.25) is 0 Å². The van der Waals surface area contributed by atoms with E-state index in [-0.39, 0.29) is 24.5 Å². The summed E-state index contributed by atoms with van der Waals surface area (Å²) in [7, 11) is 0. The van der Waals surface area contributed by atoms with Crippen LogP contribution in [0, 0.1) is 0 Å². The lowest BCUT2D eigenvalue weighted by molar-refractivity contribution is -0.186. The summed E-state index contributed by atoms with van der Waals surface area (Å²) in [5.74, 6) is -8.53. The molecule has 1 heterocycles. The van der Waals surface area contributed by atoms with Crippen LogP contribution in [0.15, 0.2) is 0 Å². The molecule has 2 N–H and O–H groups in total. The Morgan fingerprint density at radius 3 is 2.47 bits per heavy atom. The molecule has 98 valence electrons. The van der Waals surface area contributed by atoms with Crippen molar-refractivity contribution in [3.8, 4) is 0 Å². The summed E-state index contributed by atoms with van der Waals surface area (Å²) in [6.07, 6.45) is -4.15. The number of alkyl halides is 4. The highest BCUT2D eigenvalue weighted by Crippen LogP contribution is 2.26. The van der Waals surface area contributed by atoms with E-state index in [4.69, 9.17) is 5.11 Å². The molecule has 0 aromatic carbocycles. The average Bonchev–Trinajstić information content (AvgIpc) is 2.27. The molecule has 0 saturated carbocycles. The Hall–Kier alpha value is -1.38. The number of carbonyl (C=O) groups excluding carboxylic acids is 1. The topological polar surface area (TPSA) is 69.6 Å². The normalized spacial score (nSPS) is 21.7. The molecule has 1 aliphatic rings. The summed E-state index contributed by atoms with van der Waals surface area (Å²) >= 11 is 0. The zero-order valence-corrected chi connectivity index (χ0v) is 8.50. The molecule has 1 atom stereocenters. The third-order valence-corrected chi connectivity index (χ3v) is 2.35. The molecule has 1 unspecified atom stereocenters. The van der Waals surface area contributed by atoms with Gasteiger partial charge < -0.3 is 15.3 Å². The first-order chi connectivity index (χ1) is 7.78. The Bertz CT molecular complexity index is 324. The lowest BCUT2D eigenvalue weighted by Crippen LogP contribution is -2.61. The van der Waals surface area contributed by atoms with Crippen molar-refractivity contribution in [1.29, 1.82) is 0 Å². The van der Waals surface area contributed by atoms with Crippen LogP contribution >= 0.6 is 0 Å². The Labute approximate surface area is 93.4 Å². The Morgan fingerprint density at radius 2 is 2.00 bits per heavy atom. The SMILES string of the molecule is O=C(O)C1CNCCN1C(=O)C(F)(F)C(F)F. The first-order valence-corrected chi connectivity index (χ1v) is 4.69. The predicted molar refractivity (Wildman–Crippen MR) is 47.0 cm³/mol. The van der Waals surface area contributed by atoms with Crippen molar-refractivity contribution in [2.45, 2.75) is 18.4 Å². The van der Waals surface area contributed by atoms with Gasteiger partial charge in [0.15, 0.2) is 0 Å². The lowest BCUT2D eigenvalue weighted by atomic mass is 10.1. The number of carboxylic acids is 1. The largest absolute Gasteiger partial charge is 0.480 e. The van der Waals surface area contributed by atoms with Gasteiger partial charge in [0, 0.05) is 19.6 Å². The van der Waals surface area contributed by atoms with Crippen LogP contribution in [0.5, 0.6) is 0 Å². The van der Waals surface area contributed by atoms with Crippen LogP contribution < -0.4 is 5.32 Å². The highest BCUT2D eigenvalue weighted by Gasteiger charge is 2.53. The van der Waals surface area contributed by atoms with Crippen molar-refractivity contribution < 1.29 is 32.3 Å². The first kappa shape index (κ1) is 13.7. The number of amides is 1. The molecular weight excluding hydrogens is 248 g/mol. The first-order valence-electron chi connectivity index (χ1n) is 4.69. The summed E-state index contributed by atoms with van der Waals surface area (Å²) in [4.78, 5) is 22.1. The van der Waals surface area contributed by atoms with E-state index in [1.807, 2.05) is 0 Å². The van der Waals surface area contributed by atoms with Crippen molar-refractivity contribution in [3.63, 3.8) is 0 Å². The van der Waals surface area contributed by atoms with Crippen molar-refractivity contribution in [3.05, 3.63) is 0 Å². The van der Waals surface area contributed by atoms with E-state index in [1.54, 1.807) is 0 Å². The molecule has 0 aromatic rings. The maximum absolute atomic E-state index is 12.8. The molecule has 17 heavy (non-hydrogen) atoms. The van der Waals surface area contributed by atoms with Crippen molar-refractivity contribution >= 4 is 11.9 Å². The fourth-order valence-corrected chi connectivity index (χ4v) is 1.45. The minimum absolute atomic E-state index is 0.0782. The van der Waals surface area contributed by atoms with E-state index in [0.29, 0.717) is 0 Å². The van der Waals surface area contributed by atoms with E-state index >= 15 is 0 Å². The molecule has 0 spiro atoms. The standard InChI is InChI=1S/C8H10F4N2O3/c9-6(10)8(11,12)7(17)14-2-1-13-3-4(14)5(15)16/h4,6,13H,1-3H2,(H,15,16). The predicted octanol–water partition coefficient (Wildman–Crippen LogP) is -0.228. The second-order valence-electron chi connectivity index (χ2n) is 3.48. The van der Waals surface area contributed by atoms with Crippen LogP contribution in [0.1, 0.15) is 0 Å². The molecule has 0 bridgehead atoms. The second kappa shape index (κ2) is 4.86. The highest BCUT2D eigenvalue weighted by molar-refractivity contribution is 5.88. The fraction of sp³-hybridized carbons (Fsp3) is 0.750. The number of hydrogen-bond acceptors (Lipinski definition) is 3. The molecule has 1 fully saturated rings. The Kier molecular flexibility index (Phi) is 3.91. The molecular formula is C8H10F4N2O3. The summed E-state index contributed by atoms with van der Waals surface area (Å²) in [6.45, 7) is -0.520. The summed E-state index contributed by atoms with van der Waals surface area (Å²) in [6, 6.07) is -1.55. The number of hydrogen-bond donors (Lipinski definition) is 2. The van der Waals surface area contributed by atoms with Gasteiger partial charge in [0.05, 0.1) is 0 Å².